The molecule has 0 aliphatic rings. The van der Waals surface area contributed by atoms with Gasteiger partial charge < -0.3 is 15.0 Å². The highest BCUT2D eigenvalue weighted by Crippen LogP contribution is 2.14. The zero-order valence-electron chi connectivity index (χ0n) is 14.9. The second kappa shape index (κ2) is 8.87. The summed E-state index contributed by atoms with van der Waals surface area (Å²) >= 11 is 0. The number of amides is 2. The Labute approximate surface area is 148 Å². The number of hydrogen-bond acceptors (Lipinski definition) is 3. The fraction of sp³-hybridized carbons (Fsp3) is 0.300. The Bertz CT molecular complexity index is 741. The number of hydrogen-bond donors (Lipinski definition) is 1. The number of ether oxygens (including phenoxy) is 1. The number of anilines is 1. The molecule has 0 aliphatic heterocycles. The quantitative estimate of drug-likeness (QED) is 0.785. The van der Waals surface area contributed by atoms with E-state index < -0.39 is 0 Å². The van der Waals surface area contributed by atoms with Gasteiger partial charge in [-0.3, -0.25) is 9.59 Å². The number of carbonyl (C=O) groups is 2. The van der Waals surface area contributed by atoms with Crippen LogP contribution in [0.5, 0.6) is 5.75 Å². The van der Waals surface area contributed by atoms with Crippen molar-refractivity contribution in [1.29, 1.82) is 0 Å². The van der Waals surface area contributed by atoms with Crippen molar-refractivity contribution >= 4 is 17.5 Å². The number of benzene rings is 2. The molecule has 5 heteroatoms. The van der Waals surface area contributed by atoms with Gasteiger partial charge in [0.05, 0.1) is 6.61 Å². The van der Waals surface area contributed by atoms with Gasteiger partial charge in [0.15, 0.2) is 0 Å². The SMILES string of the molecule is Cc1cccc(OCCCC(=O)Nc2cccc(C(=O)N(C)C)c2)c1. The molecule has 0 bridgehead atoms. The first-order valence-electron chi connectivity index (χ1n) is 8.27. The monoisotopic (exact) mass is 340 g/mol. The van der Waals surface area contributed by atoms with Crippen molar-refractivity contribution in [3.63, 3.8) is 0 Å². The largest absolute Gasteiger partial charge is 0.494 e. The van der Waals surface area contributed by atoms with E-state index in [1.165, 1.54) is 4.90 Å². The Hall–Kier alpha value is -2.82. The van der Waals surface area contributed by atoms with Crippen molar-refractivity contribution < 1.29 is 14.3 Å². The van der Waals surface area contributed by atoms with Crippen LogP contribution in [-0.4, -0.2) is 37.4 Å². The average molecular weight is 340 g/mol. The molecule has 5 nitrogen and oxygen atoms in total. The van der Waals surface area contributed by atoms with Crippen molar-refractivity contribution in [3.8, 4) is 5.75 Å². The summed E-state index contributed by atoms with van der Waals surface area (Å²) in [5, 5.41) is 2.82. The first kappa shape index (κ1) is 18.5. The molecule has 0 aromatic heterocycles. The first-order chi connectivity index (χ1) is 12.0. The van der Waals surface area contributed by atoms with Gasteiger partial charge >= 0.3 is 0 Å². The van der Waals surface area contributed by atoms with Crippen molar-refractivity contribution in [3.05, 3.63) is 59.7 Å². The highest BCUT2D eigenvalue weighted by atomic mass is 16.5. The summed E-state index contributed by atoms with van der Waals surface area (Å²) in [6, 6.07) is 14.8. The van der Waals surface area contributed by atoms with Crippen LogP contribution in [0.1, 0.15) is 28.8 Å². The zero-order chi connectivity index (χ0) is 18.2. The van der Waals surface area contributed by atoms with E-state index in [9.17, 15) is 9.59 Å². The smallest absolute Gasteiger partial charge is 0.253 e. The van der Waals surface area contributed by atoms with Gasteiger partial charge in [0.1, 0.15) is 5.75 Å². The van der Waals surface area contributed by atoms with Crippen LogP contribution in [0.3, 0.4) is 0 Å². The summed E-state index contributed by atoms with van der Waals surface area (Å²) < 4.78 is 5.63. The maximum absolute atomic E-state index is 12.0. The third-order valence-electron chi connectivity index (χ3n) is 3.61. The lowest BCUT2D eigenvalue weighted by atomic mass is 10.1. The molecule has 2 aromatic carbocycles. The Balaban J connectivity index is 1.78. The van der Waals surface area contributed by atoms with Crippen LogP contribution < -0.4 is 10.1 Å². The summed E-state index contributed by atoms with van der Waals surface area (Å²) in [5.74, 6) is 0.625. The topological polar surface area (TPSA) is 58.6 Å². The van der Waals surface area contributed by atoms with Crippen LogP contribution in [0, 0.1) is 6.92 Å². The maximum atomic E-state index is 12.0. The van der Waals surface area contributed by atoms with E-state index in [1.807, 2.05) is 31.2 Å². The van der Waals surface area contributed by atoms with Gasteiger partial charge in [-0.1, -0.05) is 18.2 Å². The second-order valence-electron chi connectivity index (χ2n) is 6.10. The summed E-state index contributed by atoms with van der Waals surface area (Å²) in [7, 11) is 3.39. The number of aryl methyl sites for hydroxylation is 1. The van der Waals surface area contributed by atoms with E-state index in [0.717, 1.165) is 11.3 Å². The highest BCUT2D eigenvalue weighted by Gasteiger charge is 2.09. The molecule has 0 spiro atoms. The van der Waals surface area contributed by atoms with Crippen LogP contribution in [0.4, 0.5) is 5.69 Å². The lowest BCUT2D eigenvalue weighted by molar-refractivity contribution is -0.116. The molecule has 0 heterocycles. The van der Waals surface area contributed by atoms with Crippen LogP contribution in [0.25, 0.3) is 0 Å². The number of nitrogens with one attached hydrogen (secondary N) is 1. The molecule has 132 valence electrons. The average Bonchev–Trinajstić information content (AvgIpc) is 2.58. The van der Waals surface area contributed by atoms with Crippen molar-refractivity contribution in [2.45, 2.75) is 19.8 Å². The van der Waals surface area contributed by atoms with Crippen LogP contribution in [0.2, 0.25) is 0 Å². The Morgan fingerprint density at radius 1 is 1.08 bits per heavy atom. The molecule has 2 amide bonds. The molecule has 0 fully saturated rings. The minimum absolute atomic E-state index is 0.0948. The predicted octanol–water partition coefficient (Wildman–Crippen LogP) is 3.49. The van der Waals surface area contributed by atoms with E-state index in [4.69, 9.17) is 4.74 Å². The highest BCUT2D eigenvalue weighted by molar-refractivity contribution is 5.96. The normalized spacial score (nSPS) is 10.2. The molecule has 2 aromatic rings. The van der Waals surface area contributed by atoms with E-state index in [2.05, 4.69) is 5.32 Å². The molecule has 1 N–H and O–H groups in total. The van der Waals surface area contributed by atoms with Crippen LogP contribution in [0.15, 0.2) is 48.5 Å². The minimum Gasteiger partial charge on any atom is -0.494 e. The van der Waals surface area contributed by atoms with Gasteiger partial charge in [-0.25, -0.2) is 0 Å². The summed E-state index contributed by atoms with van der Waals surface area (Å²) in [4.78, 5) is 25.5. The third kappa shape index (κ3) is 5.95. The molecular weight excluding hydrogens is 316 g/mol. The van der Waals surface area contributed by atoms with Crippen LogP contribution >= 0.6 is 0 Å². The lowest BCUT2D eigenvalue weighted by Crippen LogP contribution is -2.22. The Morgan fingerprint density at radius 2 is 1.84 bits per heavy atom. The van der Waals surface area contributed by atoms with Gasteiger partial charge in [0.25, 0.3) is 5.91 Å². The Kier molecular flexibility index (Phi) is 6.57. The molecular formula is C20H24N2O3. The van der Waals surface area contributed by atoms with E-state index in [0.29, 0.717) is 30.7 Å². The fourth-order valence-electron chi connectivity index (χ4n) is 2.34. The van der Waals surface area contributed by atoms with E-state index in [1.54, 1.807) is 38.4 Å². The fourth-order valence-corrected chi connectivity index (χ4v) is 2.34. The van der Waals surface area contributed by atoms with Gasteiger partial charge in [-0.2, -0.15) is 0 Å². The Morgan fingerprint density at radius 3 is 2.56 bits per heavy atom. The summed E-state index contributed by atoms with van der Waals surface area (Å²) in [6.07, 6.45) is 0.980. The molecule has 0 saturated heterocycles. The van der Waals surface area contributed by atoms with E-state index >= 15 is 0 Å². The van der Waals surface area contributed by atoms with Crippen LogP contribution in [-0.2, 0) is 4.79 Å². The predicted molar refractivity (Wildman–Crippen MR) is 99.0 cm³/mol. The van der Waals surface area contributed by atoms with Crippen molar-refractivity contribution in [2.75, 3.05) is 26.0 Å². The molecule has 0 unspecified atom stereocenters. The van der Waals surface area contributed by atoms with Gasteiger partial charge in [0.2, 0.25) is 5.91 Å². The number of carbonyl (C=O) groups excluding carboxylic acids is 2. The molecule has 0 atom stereocenters. The zero-order valence-corrected chi connectivity index (χ0v) is 14.9. The third-order valence-corrected chi connectivity index (χ3v) is 3.61. The number of rotatable bonds is 7. The lowest BCUT2D eigenvalue weighted by Gasteiger charge is -2.12. The van der Waals surface area contributed by atoms with Gasteiger partial charge in [-0.05, 0) is 49.2 Å². The summed E-state index contributed by atoms with van der Waals surface area (Å²) in [5.41, 5.74) is 2.31. The summed E-state index contributed by atoms with van der Waals surface area (Å²) in [6.45, 7) is 2.49. The molecule has 25 heavy (non-hydrogen) atoms. The van der Waals surface area contributed by atoms with Crippen molar-refractivity contribution in [1.82, 2.24) is 4.90 Å². The number of nitrogens with zero attached hydrogens (tertiary/aromatic N) is 1. The second-order valence-corrected chi connectivity index (χ2v) is 6.10. The standard InChI is InChI=1S/C20H24N2O3/c1-15-7-4-10-18(13-15)25-12-6-11-19(23)21-17-9-5-8-16(14-17)20(24)22(2)3/h4-5,7-10,13-14H,6,11-12H2,1-3H3,(H,21,23). The maximum Gasteiger partial charge on any atom is 0.253 e. The van der Waals surface area contributed by atoms with Gasteiger partial charge in [-0.15, -0.1) is 0 Å². The molecule has 0 radical (unpaired) electrons. The minimum atomic E-state index is -0.0951. The molecule has 2 rings (SSSR count). The van der Waals surface area contributed by atoms with Crippen molar-refractivity contribution in [2.24, 2.45) is 0 Å². The molecule has 0 saturated carbocycles. The molecule has 0 aliphatic carbocycles. The van der Waals surface area contributed by atoms with E-state index in [-0.39, 0.29) is 11.8 Å². The van der Waals surface area contributed by atoms with Gasteiger partial charge in [0, 0.05) is 31.8 Å². The first-order valence-corrected chi connectivity index (χ1v) is 8.27.